The van der Waals surface area contributed by atoms with E-state index >= 15 is 0 Å². The molecule has 10 heteroatoms. The number of nitrogens with zero attached hydrogens (tertiary/aromatic N) is 3. The maximum atomic E-state index is 14.2. The lowest BCUT2D eigenvalue weighted by molar-refractivity contribution is -0.274. The van der Waals surface area contributed by atoms with E-state index in [1.807, 2.05) is 32.7 Å². The summed E-state index contributed by atoms with van der Waals surface area (Å²) in [5.74, 6) is 0.357. The Morgan fingerprint density at radius 2 is 1.54 bits per heavy atom. The van der Waals surface area contributed by atoms with Crippen molar-refractivity contribution in [3.63, 3.8) is 0 Å². The molecule has 0 radical (unpaired) electrons. The molecule has 1 spiro atoms. The molecule has 0 bridgehead atoms. The van der Waals surface area contributed by atoms with Gasteiger partial charge in [-0.25, -0.2) is 4.79 Å². The van der Waals surface area contributed by atoms with Crippen LogP contribution in [-0.4, -0.2) is 70.9 Å². The molecule has 222 valence electrons. The molecular weight excluding hydrogens is 535 g/mol. The Bertz CT molecular complexity index is 1250. The van der Waals surface area contributed by atoms with Crippen LogP contribution in [0.1, 0.15) is 75.2 Å². The van der Waals surface area contributed by atoms with E-state index in [1.165, 1.54) is 30.5 Å². The molecule has 7 nitrogen and oxygen atoms in total. The second kappa shape index (κ2) is 10.9. The van der Waals surface area contributed by atoms with Crippen LogP contribution in [0.5, 0.6) is 5.75 Å². The zero-order valence-electron chi connectivity index (χ0n) is 24.0. The minimum Gasteiger partial charge on any atom is -0.444 e. The van der Waals surface area contributed by atoms with E-state index in [2.05, 4.69) is 33.9 Å². The van der Waals surface area contributed by atoms with Crippen LogP contribution in [0.25, 0.3) is 0 Å². The first-order chi connectivity index (χ1) is 19.3. The number of ether oxygens (including phenoxy) is 2. The molecule has 0 N–H and O–H groups in total. The second-order valence-electron chi connectivity index (χ2n) is 12.4. The normalized spacial score (nSPS) is 21.4. The fourth-order valence-electron chi connectivity index (χ4n) is 6.02. The highest BCUT2D eigenvalue weighted by molar-refractivity contribution is 5.89. The van der Waals surface area contributed by atoms with E-state index in [1.54, 1.807) is 17.0 Å². The molecule has 1 aliphatic carbocycles. The highest BCUT2D eigenvalue weighted by Gasteiger charge is 2.57. The molecular formula is C31H38F3N3O4. The summed E-state index contributed by atoms with van der Waals surface area (Å²) in [5.41, 5.74) is 1.78. The SMILES string of the molecule is CN1C(c2ccc(C3CC3)cc2)N(CCc2ccc(OC(F)(F)F)cc2)C(=O)C12CCN(C(=O)OC(C)(C)C)CC2. The van der Waals surface area contributed by atoms with Crippen molar-refractivity contribution in [3.8, 4) is 5.75 Å². The molecule has 3 fully saturated rings. The maximum absolute atomic E-state index is 14.2. The van der Waals surface area contributed by atoms with Crippen molar-refractivity contribution in [2.75, 3.05) is 26.7 Å². The van der Waals surface area contributed by atoms with Crippen molar-refractivity contribution in [2.45, 2.75) is 82.5 Å². The molecule has 2 aromatic carbocycles. The first-order valence-corrected chi connectivity index (χ1v) is 14.2. The smallest absolute Gasteiger partial charge is 0.444 e. The Balaban J connectivity index is 1.35. The van der Waals surface area contributed by atoms with Crippen molar-refractivity contribution >= 4 is 12.0 Å². The molecule has 41 heavy (non-hydrogen) atoms. The Kier molecular flexibility index (Phi) is 7.74. The van der Waals surface area contributed by atoms with E-state index in [0.29, 0.717) is 44.8 Å². The quantitative estimate of drug-likeness (QED) is 0.409. The highest BCUT2D eigenvalue weighted by Crippen LogP contribution is 2.46. The van der Waals surface area contributed by atoms with Gasteiger partial charge in [0.2, 0.25) is 5.91 Å². The van der Waals surface area contributed by atoms with Gasteiger partial charge < -0.3 is 19.3 Å². The summed E-state index contributed by atoms with van der Waals surface area (Å²) < 4.78 is 47.2. The first-order valence-electron chi connectivity index (χ1n) is 14.2. The van der Waals surface area contributed by atoms with Crippen LogP contribution in [0.2, 0.25) is 0 Å². The first kappa shape index (κ1) is 29.2. The standard InChI is InChI=1S/C31H38F3N3O4/c1-29(2,3)41-28(39)36-19-16-30(17-20-36)27(38)37(18-15-21-5-13-25(14-6-21)40-31(32,33)34)26(35(30)4)24-11-9-23(10-12-24)22-7-8-22/h5-6,9-14,22,26H,7-8,15-20H2,1-4H3. The molecule has 3 aliphatic rings. The molecule has 1 saturated carbocycles. The lowest BCUT2D eigenvalue weighted by Crippen LogP contribution is -2.56. The lowest BCUT2D eigenvalue weighted by Gasteiger charge is -2.42. The van der Waals surface area contributed by atoms with Crippen molar-refractivity contribution in [1.29, 1.82) is 0 Å². The van der Waals surface area contributed by atoms with Crippen LogP contribution >= 0.6 is 0 Å². The van der Waals surface area contributed by atoms with Gasteiger partial charge in [0.1, 0.15) is 23.1 Å². The Morgan fingerprint density at radius 1 is 0.951 bits per heavy atom. The number of piperidine rings is 1. The number of benzene rings is 2. The van der Waals surface area contributed by atoms with Crippen LogP contribution in [-0.2, 0) is 16.0 Å². The van der Waals surface area contributed by atoms with Gasteiger partial charge in [0, 0.05) is 19.6 Å². The van der Waals surface area contributed by atoms with Crippen LogP contribution < -0.4 is 4.74 Å². The van der Waals surface area contributed by atoms with Crippen LogP contribution in [0, 0.1) is 0 Å². The van der Waals surface area contributed by atoms with Gasteiger partial charge in [-0.3, -0.25) is 9.69 Å². The van der Waals surface area contributed by atoms with E-state index in [-0.39, 0.29) is 23.9 Å². The molecule has 2 saturated heterocycles. The van der Waals surface area contributed by atoms with Gasteiger partial charge in [0.05, 0.1) is 0 Å². The maximum Gasteiger partial charge on any atom is 0.573 e. The van der Waals surface area contributed by atoms with Gasteiger partial charge >= 0.3 is 12.5 Å². The predicted octanol–water partition coefficient (Wildman–Crippen LogP) is 6.25. The summed E-state index contributed by atoms with van der Waals surface area (Å²) in [5, 5.41) is 0. The van der Waals surface area contributed by atoms with Gasteiger partial charge in [-0.1, -0.05) is 36.4 Å². The minimum absolute atomic E-state index is 0.0112. The fraction of sp³-hybridized carbons (Fsp3) is 0.548. The van der Waals surface area contributed by atoms with Gasteiger partial charge in [-0.05, 0) is 94.7 Å². The van der Waals surface area contributed by atoms with E-state index in [9.17, 15) is 22.8 Å². The number of carbonyl (C=O) groups excluding carboxylic acids is 2. The molecule has 0 aromatic heterocycles. The topological polar surface area (TPSA) is 62.3 Å². The molecule has 1 atom stereocenters. The van der Waals surface area contributed by atoms with Gasteiger partial charge in [-0.2, -0.15) is 0 Å². The Morgan fingerprint density at radius 3 is 2.07 bits per heavy atom. The average Bonchev–Trinajstić information content (AvgIpc) is 3.73. The average molecular weight is 574 g/mol. The monoisotopic (exact) mass is 573 g/mol. The summed E-state index contributed by atoms with van der Waals surface area (Å²) in [7, 11) is 1.98. The lowest BCUT2D eigenvalue weighted by atomic mass is 9.86. The van der Waals surface area contributed by atoms with Crippen molar-refractivity contribution < 1.29 is 32.2 Å². The number of hydrogen-bond acceptors (Lipinski definition) is 5. The third kappa shape index (κ3) is 6.47. The van der Waals surface area contributed by atoms with E-state index < -0.39 is 17.5 Å². The van der Waals surface area contributed by atoms with Gasteiger partial charge in [0.15, 0.2) is 0 Å². The molecule has 2 amide bonds. The van der Waals surface area contributed by atoms with Crippen LogP contribution in [0.3, 0.4) is 0 Å². The minimum atomic E-state index is -4.75. The number of halogens is 3. The number of rotatable bonds is 6. The summed E-state index contributed by atoms with van der Waals surface area (Å²) in [4.78, 5) is 32.6. The van der Waals surface area contributed by atoms with Crippen LogP contribution in [0.15, 0.2) is 48.5 Å². The molecule has 2 heterocycles. The van der Waals surface area contributed by atoms with Crippen molar-refractivity contribution in [3.05, 3.63) is 65.2 Å². The number of likely N-dealkylation sites (N-methyl/N-ethyl adjacent to an activating group) is 1. The third-order valence-corrected chi connectivity index (χ3v) is 8.32. The highest BCUT2D eigenvalue weighted by atomic mass is 19.4. The molecule has 1 unspecified atom stereocenters. The second-order valence-corrected chi connectivity index (χ2v) is 12.4. The molecule has 2 aliphatic heterocycles. The fourth-order valence-corrected chi connectivity index (χ4v) is 6.02. The number of likely N-dealkylation sites (tertiary alicyclic amines) is 1. The number of amides is 2. The molecule has 5 rings (SSSR count). The largest absolute Gasteiger partial charge is 0.573 e. The van der Waals surface area contributed by atoms with Crippen molar-refractivity contribution in [2.24, 2.45) is 0 Å². The zero-order valence-corrected chi connectivity index (χ0v) is 24.0. The summed E-state index contributed by atoms with van der Waals surface area (Å²) >= 11 is 0. The zero-order chi connectivity index (χ0) is 29.6. The number of alkyl halides is 3. The summed E-state index contributed by atoms with van der Waals surface area (Å²) in [6.07, 6.45) is -1.56. The number of carbonyl (C=O) groups is 2. The van der Waals surface area contributed by atoms with Gasteiger partial charge in [-0.15, -0.1) is 13.2 Å². The number of hydrogen-bond donors (Lipinski definition) is 0. The summed E-state index contributed by atoms with van der Waals surface area (Å²) in [6.45, 7) is 6.71. The Labute approximate surface area is 239 Å². The van der Waals surface area contributed by atoms with Crippen LogP contribution in [0.4, 0.5) is 18.0 Å². The summed E-state index contributed by atoms with van der Waals surface area (Å²) in [6, 6.07) is 14.3. The Hall–Kier alpha value is -3.27. The van der Waals surface area contributed by atoms with E-state index in [0.717, 1.165) is 11.1 Å². The van der Waals surface area contributed by atoms with Gasteiger partial charge in [0.25, 0.3) is 0 Å². The third-order valence-electron chi connectivity index (χ3n) is 8.32. The predicted molar refractivity (Wildman–Crippen MR) is 147 cm³/mol. The molecule has 2 aromatic rings. The van der Waals surface area contributed by atoms with E-state index in [4.69, 9.17) is 4.74 Å². The van der Waals surface area contributed by atoms with Crippen molar-refractivity contribution in [1.82, 2.24) is 14.7 Å².